The summed E-state index contributed by atoms with van der Waals surface area (Å²) in [7, 11) is 0. The zero-order chi connectivity index (χ0) is 27.9. The topological polar surface area (TPSA) is 135 Å². The summed E-state index contributed by atoms with van der Waals surface area (Å²) in [6, 6.07) is 6.53. The number of hydrogen-bond acceptors (Lipinski definition) is 8. The number of hydrogen-bond donors (Lipinski definition) is 3. The summed E-state index contributed by atoms with van der Waals surface area (Å²) in [5.74, 6) is -0.755. The average molecular weight is 545 g/mol. The van der Waals surface area contributed by atoms with Gasteiger partial charge in [-0.25, -0.2) is 4.98 Å². The lowest BCUT2D eigenvalue weighted by Gasteiger charge is -2.35. The highest BCUT2D eigenvalue weighted by Crippen LogP contribution is 2.29. The first kappa shape index (κ1) is 29.9. The number of ether oxygens (including phenoxy) is 1. The molecule has 2 amide bonds. The Morgan fingerprint density at radius 3 is 2.53 bits per heavy atom. The zero-order valence-corrected chi connectivity index (χ0v) is 23.6. The Morgan fingerprint density at radius 1 is 1.21 bits per heavy atom. The van der Waals surface area contributed by atoms with E-state index in [9.17, 15) is 19.5 Å². The van der Waals surface area contributed by atoms with E-state index in [-0.39, 0.29) is 50.0 Å². The third kappa shape index (κ3) is 7.92. The van der Waals surface area contributed by atoms with E-state index < -0.39 is 23.6 Å². The van der Waals surface area contributed by atoms with Crippen LogP contribution in [-0.4, -0.2) is 77.1 Å². The number of aliphatic hydroxyl groups is 1. The van der Waals surface area contributed by atoms with E-state index in [2.05, 4.69) is 10.3 Å². The minimum atomic E-state index is -0.840. The zero-order valence-electron chi connectivity index (χ0n) is 22.7. The summed E-state index contributed by atoms with van der Waals surface area (Å²) in [4.78, 5) is 46.3. The molecule has 0 saturated carbocycles. The molecule has 2 heterocycles. The maximum absolute atomic E-state index is 13.6. The number of amides is 2. The minimum Gasteiger partial charge on any atom is -0.391 e. The molecule has 0 aliphatic carbocycles. The van der Waals surface area contributed by atoms with E-state index in [0.29, 0.717) is 19.6 Å². The van der Waals surface area contributed by atoms with Crippen molar-refractivity contribution in [2.45, 2.75) is 71.6 Å². The first-order chi connectivity index (χ1) is 18.0. The minimum absolute atomic E-state index is 0.0696. The van der Waals surface area contributed by atoms with Crippen LogP contribution in [0, 0.1) is 12.3 Å². The fourth-order valence-corrected chi connectivity index (χ4v) is 5.41. The molecule has 1 aliphatic rings. The maximum Gasteiger partial charge on any atom is 0.246 e. The molecule has 0 radical (unpaired) electrons. The number of Topliss-reactive ketones (excluding diaryl/α,β-unsaturated/α-hetero) is 1. The quantitative estimate of drug-likeness (QED) is 0.350. The van der Waals surface area contributed by atoms with E-state index in [1.165, 1.54) is 4.90 Å². The first-order valence-electron chi connectivity index (χ1n) is 13.1. The van der Waals surface area contributed by atoms with Gasteiger partial charge in [0.1, 0.15) is 6.04 Å². The molecular weight excluding hydrogens is 504 g/mol. The Kier molecular flexibility index (Phi) is 10.6. The van der Waals surface area contributed by atoms with Crippen LogP contribution in [0.5, 0.6) is 0 Å². The number of likely N-dealkylation sites (tertiary alicyclic amines) is 1. The molecule has 3 rings (SSSR count). The van der Waals surface area contributed by atoms with Crippen LogP contribution < -0.4 is 11.1 Å². The van der Waals surface area contributed by atoms with Gasteiger partial charge < -0.3 is 25.8 Å². The Morgan fingerprint density at radius 2 is 1.92 bits per heavy atom. The van der Waals surface area contributed by atoms with Crippen LogP contribution in [0.2, 0.25) is 0 Å². The van der Waals surface area contributed by atoms with Gasteiger partial charge in [0.2, 0.25) is 11.8 Å². The van der Waals surface area contributed by atoms with E-state index in [4.69, 9.17) is 10.5 Å². The highest BCUT2D eigenvalue weighted by molar-refractivity contribution is 7.13. The van der Waals surface area contributed by atoms with Gasteiger partial charge in [-0.1, -0.05) is 45.0 Å². The molecule has 1 aromatic carbocycles. The first-order valence-corrected chi connectivity index (χ1v) is 14.0. The lowest BCUT2D eigenvalue weighted by Crippen LogP contribution is -2.56. The van der Waals surface area contributed by atoms with Gasteiger partial charge in [0, 0.05) is 32.4 Å². The van der Waals surface area contributed by atoms with E-state index in [1.807, 2.05) is 57.5 Å². The Labute approximate surface area is 228 Å². The molecule has 1 aromatic heterocycles. The van der Waals surface area contributed by atoms with E-state index in [0.717, 1.165) is 21.7 Å². The lowest BCUT2D eigenvalue weighted by molar-refractivity contribution is -0.143. The number of ketones is 1. The van der Waals surface area contributed by atoms with Crippen molar-refractivity contribution in [3.63, 3.8) is 0 Å². The maximum atomic E-state index is 13.6. The number of nitrogens with two attached hydrogens (primary N) is 1. The van der Waals surface area contributed by atoms with Gasteiger partial charge >= 0.3 is 0 Å². The molecule has 4 N–H and O–H groups in total. The predicted molar refractivity (Wildman–Crippen MR) is 148 cm³/mol. The summed E-state index contributed by atoms with van der Waals surface area (Å²) in [6.45, 7) is 8.58. The van der Waals surface area contributed by atoms with Gasteiger partial charge in [-0.05, 0) is 29.9 Å². The molecule has 3 atom stereocenters. The number of benzene rings is 1. The van der Waals surface area contributed by atoms with Crippen molar-refractivity contribution in [1.82, 2.24) is 15.2 Å². The Balaban J connectivity index is 1.63. The number of carbonyl (C=O) groups excluding carboxylic acids is 3. The third-order valence-electron chi connectivity index (χ3n) is 6.71. The molecule has 1 fully saturated rings. The number of carbonyl (C=O) groups is 3. The second kappa shape index (κ2) is 13.4. The number of aliphatic hydroxyl groups excluding tert-OH is 1. The highest BCUT2D eigenvalue weighted by Gasteiger charge is 2.44. The molecule has 9 nitrogen and oxygen atoms in total. The summed E-state index contributed by atoms with van der Waals surface area (Å²) >= 11 is 1.60. The van der Waals surface area contributed by atoms with Crippen molar-refractivity contribution in [1.29, 1.82) is 0 Å². The van der Waals surface area contributed by atoms with E-state index in [1.54, 1.807) is 11.3 Å². The summed E-state index contributed by atoms with van der Waals surface area (Å²) < 4.78 is 5.28. The third-order valence-corrected chi connectivity index (χ3v) is 7.69. The predicted octanol–water partition coefficient (Wildman–Crippen LogP) is 2.48. The van der Waals surface area contributed by atoms with Crippen LogP contribution in [0.1, 0.15) is 51.3 Å². The monoisotopic (exact) mass is 544 g/mol. The standard InChI is InChI=1S/C28H40N4O5S/c1-18-25(38-17-30-18)20-8-5-19(6-9-20)7-10-23(34)22-15-21(33)16-32(22)27(36)26(28(2,3)4)31-24(35)11-13-37-14-12-29/h5-6,8-9,17,21-22,26,33H,7,10-16,29H2,1-4H3,(H,31,35)/t21-,22+,26-/m1/s1. The van der Waals surface area contributed by atoms with E-state index >= 15 is 0 Å². The fourth-order valence-electron chi connectivity index (χ4n) is 4.60. The van der Waals surface area contributed by atoms with Gasteiger partial charge in [0.05, 0.1) is 41.4 Å². The van der Waals surface area contributed by atoms with Crippen molar-refractivity contribution in [3.8, 4) is 10.4 Å². The molecule has 0 bridgehead atoms. The smallest absolute Gasteiger partial charge is 0.246 e. The summed E-state index contributed by atoms with van der Waals surface area (Å²) in [5.41, 5.74) is 9.75. The number of aromatic nitrogens is 1. The number of aryl methyl sites for hydroxylation is 2. The van der Waals surface area contributed by atoms with Crippen molar-refractivity contribution in [2.75, 3.05) is 26.3 Å². The second-order valence-corrected chi connectivity index (χ2v) is 11.7. The molecule has 1 aliphatic heterocycles. The largest absolute Gasteiger partial charge is 0.391 e. The van der Waals surface area contributed by atoms with Gasteiger partial charge in [-0.2, -0.15) is 0 Å². The molecule has 38 heavy (non-hydrogen) atoms. The van der Waals surface area contributed by atoms with Gasteiger partial charge in [0.25, 0.3) is 0 Å². The molecule has 10 heteroatoms. The van der Waals surface area contributed by atoms with Crippen molar-refractivity contribution >= 4 is 28.9 Å². The second-order valence-electron chi connectivity index (χ2n) is 10.8. The number of nitrogens with one attached hydrogen (secondary N) is 1. The highest BCUT2D eigenvalue weighted by atomic mass is 32.1. The van der Waals surface area contributed by atoms with Gasteiger partial charge in [-0.15, -0.1) is 11.3 Å². The molecule has 2 aromatic rings. The lowest BCUT2D eigenvalue weighted by atomic mass is 9.85. The number of thiazole rings is 1. The van der Waals surface area contributed by atoms with Crippen molar-refractivity contribution in [2.24, 2.45) is 11.1 Å². The van der Waals surface area contributed by atoms with Crippen LogP contribution in [0.3, 0.4) is 0 Å². The summed E-state index contributed by atoms with van der Waals surface area (Å²) in [6.07, 6.45) is 0.316. The summed E-state index contributed by atoms with van der Waals surface area (Å²) in [5, 5.41) is 13.2. The van der Waals surface area contributed by atoms with Gasteiger partial charge in [0.15, 0.2) is 5.78 Å². The van der Waals surface area contributed by atoms with Crippen LogP contribution in [-0.2, 0) is 25.5 Å². The van der Waals surface area contributed by atoms with Crippen molar-refractivity contribution < 1.29 is 24.2 Å². The number of β-amino-alcohol motifs (C(OH)–C–C–N with tert-alkyl or cyclic N) is 1. The SMILES string of the molecule is Cc1ncsc1-c1ccc(CCC(=O)[C@@H]2C[C@@H](O)CN2C(=O)[C@@H](NC(=O)CCOCCN)C(C)(C)C)cc1. The van der Waals surface area contributed by atoms with Crippen molar-refractivity contribution in [3.05, 3.63) is 41.0 Å². The number of rotatable bonds is 12. The molecule has 0 spiro atoms. The molecule has 208 valence electrons. The van der Waals surface area contributed by atoms with Gasteiger partial charge in [-0.3, -0.25) is 14.4 Å². The van der Waals surface area contributed by atoms with Crippen LogP contribution in [0.25, 0.3) is 10.4 Å². The van der Waals surface area contributed by atoms with Crippen LogP contribution in [0.4, 0.5) is 0 Å². The molecule has 1 saturated heterocycles. The molecule has 0 unspecified atom stereocenters. The Bertz CT molecular complexity index is 1100. The average Bonchev–Trinajstić information content (AvgIpc) is 3.48. The fraction of sp³-hybridized carbons (Fsp3) is 0.571. The number of nitrogens with zero attached hydrogens (tertiary/aromatic N) is 2. The Hall–Kier alpha value is -2.66. The molecular formula is C28H40N4O5S. The van der Waals surface area contributed by atoms with Crippen LogP contribution in [0.15, 0.2) is 29.8 Å². The van der Waals surface area contributed by atoms with Crippen LogP contribution >= 0.6 is 11.3 Å². The normalized spacial score (nSPS) is 18.4.